The molecule has 5 nitrogen and oxygen atoms in total. The van der Waals surface area contributed by atoms with Crippen LogP contribution < -0.4 is 5.32 Å². The molecule has 2 aromatic carbocycles. The average molecular weight is 407 g/mol. The Balaban J connectivity index is 1.20. The van der Waals surface area contributed by atoms with Crippen molar-refractivity contribution in [3.05, 3.63) is 89.8 Å². The second-order valence-electron chi connectivity index (χ2n) is 7.95. The van der Waals surface area contributed by atoms with Crippen LogP contribution in [0.2, 0.25) is 0 Å². The Morgan fingerprint density at radius 1 is 0.967 bits per heavy atom. The van der Waals surface area contributed by atoms with Crippen LogP contribution in [0.25, 0.3) is 0 Å². The third-order valence-corrected chi connectivity index (χ3v) is 5.69. The Labute approximate surface area is 176 Å². The number of nitrogens with zero attached hydrogens (tertiary/aromatic N) is 3. The number of aromatic nitrogens is 2. The largest absolute Gasteiger partial charge is 0.352 e. The van der Waals surface area contributed by atoms with Gasteiger partial charge >= 0.3 is 0 Å². The molecule has 1 aromatic heterocycles. The number of nitrogens with one attached hydrogen (secondary N) is 1. The van der Waals surface area contributed by atoms with E-state index in [0.29, 0.717) is 6.54 Å². The van der Waals surface area contributed by atoms with E-state index >= 15 is 0 Å². The van der Waals surface area contributed by atoms with Crippen molar-refractivity contribution in [2.45, 2.75) is 32.5 Å². The first-order valence-corrected chi connectivity index (χ1v) is 10.4. The molecule has 6 heteroatoms. The molecule has 1 amide bonds. The topological polar surface area (TPSA) is 50.2 Å². The summed E-state index contributed by atoms with van der Waals surface area (Å²) in [6.45, 7) is 3.93. The zero-order chi connectivity index (χ0) is 20.8. The lowest BCUT2D eigenvalue weighted by molar-refractivity contribution is -0.126. The van der Waals surface area contributed by atoms with Crippen LogP contribution in [-0.2, 0) is 24.4 Å². The Hall–Kier alpha value is -2.99. The molecule has 0 radical (unpaired) electrons. The van der Waals surface area contributed by atoms with Crippen molar-refractivity contribution in [2.24, 2.45) is 5.92 Å². The van der Waals surface area contributed by atoms with Gasteiger partial charge in [-0.25, -0.2) is 9.37 Å². The van der Waals surface area contributed by atoms with Crippen LogP contribution in [0.3, 0.4) is 0 Å². The van der Waals surface area contributed by atoms with Crippen LogP contribution in [0.5, 0.6) is 0 Å². The number of rotatable bonds is 7. The predicted octanol–water partition coefficient (Wildman–Crippen LogP) is 3.60. The molecule has 1 saturated heterocycles. The lowest BCUT2D eigenvalue weighted by Gasteiger charge is -2.31. The van der Waals surface area contributed by atoms with Crippen LogP contribution in [0.1, 0.15) is 29.5 Å². The lowest BCUT2D eigenvalue weighted by atomic mass is 9.95. The second kappa shape index (κ2) is 9.67. The molecule has 0 saturated carbocycles. The smallest absolute Gasteiger partial charge is 0.223 e. The quantitative estimate of drug-likeness (QED) is 0.652. The van der Waals surface area contributed by atoms with Gasteiger partial charge in [-0.05, 0) is 54.8 Å². The van der Waals surface area contributed by atoms with Gasteiger partial charge in [0.1, 0.15) is 5.82 Å². The molecule has 0 unspecified atom stereocenters. The number of benzene rings is 2. The van der Waals surface area contributed by atoms with E-state index in [0.717, 1.165) is 50.1 Å². The maximum absolute atomic E-state index is 13.0. The summed E-state index contributed by atoms with van der Waals surface area (Å²) in [5.74, 6) is -0.00382. The monoisotopic (exact) mass is 406 g/mol. The van der Waals surface area contributed by atoms with Crippen LogP contribution in [0.15, 0.2) is 67.3 Å². The summed E-state index contributed by atoms with van der Waals surface area (Å²) in [5, 5.41) is 3.09. The van der Waals surface area contributed by atoms with Gasteiger partial charge in [-0.15, -0.1) is 0 Å². The second-order valence-corrected chi connectivity index (χ2v) is 7.95. The van der Waals surface area contributed by atoms with Gasteiger partial charge in [0, 0.05) is 37.9 Å². The summed E-state index contributed by atoms with van der Waals surface area (Å²) < 4.78 is 15.1. The van der Waals surface area contributed by atoms with E-state index in [9.17, 15) is 9.18 Å². The first kappa shape index (κ1) is 20.3. The molecule has 156 valence electrons. The molecule has 1 N–H and O–H groups in total. The molecular weight excluding hydrogens is 379 g/mol. The number of hydrogen-bond donors (Lipinski definition) is 1. The fourth-order valence-corrected chi connectivity index (χ4v) is 3.89. The summed E-state index contributed by atoms with van der Waals surface area (Å²) in [7, 11) is 0. The molecule has 1 aliphatic heterocycles. The lowest BCUT2D eigenvalue weighted by Crippen LogP contribution is -2.40. The summed E-state index contributed by atoms with van der Waals surface area (Å²) in [6, 6.07) is 15.0. The summed E-state index contributed by atoms with van der Waals surface area (Å²) in [4.78, 5) is 19.0. The molecule has 4 rings (SSSR count). The summed E-state index contributed by atoms with van der Waals surface area (Å²) in [5.41, 5.74) is 3.42. The summed E-state index contributed by atoms with van der Waals surface area (Å²) in [6.07, 6.45) is 7.24. The molecule has 30 heavy (non-hydrogen) atoms. The van der Waals surface area contributed by atoms with Crippen molar-refractivity contribution >= 4 is 5.91 Å². The minimum absolute atomic E-state index is 0.0648. The van der Waals surface area contributed by atoms with Gasteiger partial charge in [-0.2, -0.15) is 0 Å². The van der Waals surface area contributed by atoms with E-state index in [-0.39, 0.29) is 17.6 Å². The fourth-order valence-electron chi connectivity index (χ4n) is 3.89. The van der Waals surface area contributed by atoms with Crippen molar-refractivity contribution in [1.29, 1.82) is 0 Å². The first-order valence-electron chi connectivity index (χ1n) is 10.4. The van der Waals surface area contributed by atoms with Gasteiger partial charge < -0.3 is 9.88 Å². The number of amides is 1. The Kier molecular flexibility index (Phi) is 6.54. The molecule has 1 fully saturated rings. The van der Waals surface area contributed by atoms with Gasteiger partial charge in [0.2, 0.25) is 5.91 Å². The fraction of sp³-hybridized carbons (Fsp3) is 0.333. The molecular formula is C24H27FN4O. The zero-order valence-electron chi connectivity index (χ0n) is 17.0. The third kappa shape index (κ3) is 5.54. The van der Waals surface area contributed by atoms with Gasteiger partial charge in [0.25, 0.3) is 0 Å². The molecule has 0 spiro atoms. The molecule has 0 aliphatic carbocycles. The predicted molar refractivity (Wildman–Crippen MR) is 114 cm³/mol. The van der Waals surface area contributed by atoms with Crippen molar-refractivity contribution in [2.75, 3.05) is 13.1 Å². The van der Waals surface area contributed by atoms with Crippen molar-refractivity contribution in [3.63, 3.8) is 0 Å². The average Bonchev–Trinajstić information content (AvgIpc) is 3.28. The standard InChI is InChI=1S/C24H27FN4O/c25-23-7-5-21(6-8-23)16-28-12-9-22(10-13-28)24(30)27-15-19-1-3-20(4-2-19)17-29-14-11-26-18-29/h1-8,11,14,18,22H,9-10,12-13,15-17H2,(H,27,30). The van der Waals surface area contributed by atoms with Crippen molar-refractivity contribution in [3.8, 4) is 0 Å². The molecule has 2 heterocycles. The molecule has 0 atom stereocenters. The minimum Gasteiger partial charge on any atom is -0.352 e. The van der Waals surface area contributed by atoms with Gasteiger partial charge in [-0.1, -0.05) is 36.4 Å². The zero-order valence-corrected chi connectivity index (χ0v) is 17.0. The number of imidazole rings is 1. The first-order chi connectivity index (χ1) is 14.7. The van der Waals surface area contributed by atoms with E-state index in [2.05, 4.69) is 39.5 Å². The van der Waals surface area contributed by atoms with Crippen LogP contribution in [0, 0.1) is 11.7 Å². The highest BCUT2D eigenvalue weighted by atomic mass is 19.1. The SMILES string of the molecule is O=C(NCc1ccc(Cn2ccnc2)cc1)C1CCN(Cc2ccc(F)cc2)CC1. The van der Waals surface area contributed by atoms with Crippen molar-refractivity contribution < 1.29 is 9.18 Å². The van der Waals surface area contributed by atoms with Crippen LogP contribution in [0.4, 0.5) is 4.39 Å². The summed E-state index contributed by atoms with van der Waals surface area (Å²) >= 11 is 0. The van der Waals surface area contributed by atoms with Crippen molar-refractivity contribution in [1.82, 2.24) is 19.8 Å². The number of carbonyl (C=O) groups is 1. The number of halogens is 1. The Morgan fingerprint density at radius 2 is 1.60 bits per heavy atom. The van der Waals surface area contributed by atoms with E-state index < -0.39 is 0 Å². The highest BCUT2D eigenvalue weighted by Gasteiger charge is 2.24. The maximum Gasteiger partial charge on any atom is 0.223 e. The highest BCUT2D eigenvalue weighted by molar-refractivity contribution is 5.78. The number of piperidine rings is 1. The van der Waals surface area contributed by atoms with E-state index in [4.69, 9.17) is 0 Å². The minimum atomic E-state index is -0.207. The highest BCUT2D eigenvalue weighted by Crippen LogP contribution is 2.19. The Bertz CT molecular complexity index is 930. The van der Waals surface area contributed by atoms with E-state index in [1.165, 1.54) is 17.7 Å². The number of likely N-dealkylation sites (tertiary alicyclic amines) is 1. The van der Waals surface area contributed by atoms with Gasteiger partial charge in [0.15, 0.2) is 0 Å². The van der Waals surface area contributed by atoms with Gasteiger partial charge in [0.05, 0.1) is 6.33 Å². The number of hydrogen-bond acceptors (Lipinski definition) is 3. The number of carbonyl (C=O) groups excluding carboxylic acids is 1. The molecule has 1 aliphatic rings. The van der Waals surface area contributed by atoms with Crippen LogP contribution in [-0.4, -0.2) is 33.4 Å². The Morgan fingerprint density at radius 3 is 2.27 bits per heavy atom. The molecule has 3 aromatic rings. The van der Waals surface area contributed by atoms with Crippen LogP contribution >= 0.6 is 0 Å². The molecule has 0 bridgehead atoms. The normalized spacial score (nSPS) is 15.2. The third-order valence-electron chi connectivity index (χ3n) is 5.69. The van der Waals surface area contributed by atoms with E-state index in [1.54, 1.807) is 12.5 Å². The van der Waals surface area contributed by atoms with E-state index in [1.807, 2.05) is 22.9 Å². The maximum atomic E-state index is 13.0. The van der Waals surface area contributed by atoms with Gasteiger partial charge in [-0.3, -0.25) is 9.69 Å².